The molecule has 3 nitrogen and oxygen atoms in total. The molecule has 0 saturated carbocycles. The SMILES string of the molecule is Cn1ccnc1CCC(=O)c1cc(Cl)ccc1I. The Kier molecular flexibility index (Phi) is 4.40. The van der Waals surface area contributed by atoms with Gasteiger partial charge in [-0.3, -0.25) is 4.79 Å². The van der Waals surface area contributed by atoms with E-state index < -0.39 is 0 Å². The van der Waals surface area contributed by atoms with Crippen LogP contribution in [0, 0.1) is 3.57 Å². The Balaban J connectivity index is 2.08. The standard InChI is InChI=1S/C13H12ClIN2O/c1-17-7-6-16-13(17)5-4-12(18)10-8-9(14)2-3-11(10)15/h2-3,6-8H,4-5H2,1H3. The molecule has 18 heavy (non-hydrogen) atoms. The molecular weight excluding hydrogens is 363 g/mol. The van der Waals surface area contributed by atoms with E-state index >= 15 is 0 Å². The molecule has 94 valence electrons. The number of Topliss-reactive ketones (excluding diaryl/α,β-unsaturated/α-hetero) is 1. The number of aromatic nitrogens is 2. The molecule has 1 aromatic carbocycles. The Morgan fingerprint density at radius 1 is 1.50 bits per heavy atom. The number of nitrogens with zero attached hydrogens (tertiary/aromatic N) is 2. The van der Waals surface area contributed by atoms with Gasteiger partial charge in [-0.25, -0.2) is 4.98 Å². The van der Waals surface area contributed by atoms with E-state index in [1.807, 2.05) is 23.9 Å². The van der Waals surface area contributed by atoms with Gasteiger partial charge in [0, 0.05) is 46.4 Å². The minimum absolute atomic E-state index is 0.102. The van der Waals surface area contributed by atoms with Crippen LogP contribution >= 0.6 is 34.2 Å². The smallest absolute Gasteiger partial charge is 0.164 e. The summed E-state index contributed by atoms with van der Waals surface area (Å²) in [4.78, 5) is 16.3. The summed E-state index contributed by atoms with van der Waals surface area (Å²) in [6, 6.07) is 5.37. The lowest BCUT2D eigenvalue weighted by molar-refractivity contribution is 0.0981. The van der Waals surface area contributed by atoms with Gasteiger partial charge in [-0.2, -0.15) is 0 Å². The molecule has 0 atom stereocenters. The highest BCUT2D eigenvalue weighted by Gasteiger charge is 2.12. The summed E-state index contributed by atoms with van der Waals surface area (Å²) in [6.07, 6.45) is 4.71. The van der Waals surface area contributed by atoms with Gasteiger partial charge in [-0.15, -0.1) is 0 Å². The number of carbonyl (C=O) groups excluding carboxylic acids is 1. The minimum atomic E-state index is 0.102. The molecule has 0 aliphatic heterocycles. The van der Waals surface area contributed by atoms with Gasteiger partial charge in [-0.1, -0.05) is 11.6 Å². The molecule has 1 heterocycles. The lowest BCUT2D eigenvalue weighted by Gasteiger charge is -2.05. The number of aryl methyl sites for hydroxylation is 2. The lowest BCUT2D eigenvalue weighted by atomic mass is 10.1. The van der Waals surface area contributed by atoms with E-state index in [4.69, 9.17) is 11.6 Å². The first-order valence-electron chi connectivity index (χ1n) is 5.52. The molecular formula is C13H12ClIN2O. The van der Waals surface area contributed by atoms with E-state index in [0.717, 1.165) is 9.39 Å². The Morgan fingerprint density at radius 3 is 2.94 bits per heavy atom. The van der Waals surface area contributed by atoms with Crippen molar-refractivity contribution in [3.8, 4) is 0 Å². The molecule has 0 amide bonds. The summed E-state index contributed by atoms with van der Waals surface area (Å²) < 4.78 is 2.86. The predicted molar refractivity (Wildman–Crippen MR) is 80.0 cm³/mol. The zero-order chi connectivity index (χ0) is 13.1. The van der Waals surface area contributed by atoms with Crippen molar-refractivity contribution in [3.63, 3.8) is 0 Å². The Morgan fingerprint density at radius 2 is 2.28 bits per heavy atom. The molecule has 0 unspecified atom stereocenters. The highest BCUT2D eigenvalue weighted by Crippen LogP contribution is 2.19. The number of hydrogen-bond donors (Lipinski definition) is 0. The molecule has 1 aromatic heterocycles. The van der Waals surface area contributed by atoms with E-state index in [2.05, 4.69) is 27.6 Å². The number of halogens is 2. The monoisotopic (exact) mass is 374 g/mol. The van der Waals surface area contributed by atoms with Crippen LogP contribution in [0.15, 0.2) is 30.6 Å². The van der Waals surface area contributed by atoms with Gasteiger partial charge in [-0.05, 0) is 40.8 Å². The number of carbonyl (C=O) groups is 1. The van der Waals surface area contributed by atoms with E-state index in [-0.39, 0.29) is 5.78 Å². The molecule has 0 saturated heterocycles. The average molecular weight is 375 g/mol. The summed E-state index contributed by atoms with van der Waals surface area (Å²) in [5, 5.41) is 0.593. The van der Waals surface area contributed by atoms with E-state index in [1.165, 1.54) is 0 Å². The average Bonchev–Trinajstić information content (AvgIpc) is 2.75. The zero-order valence-corrected chi connectivity index (χ0v) is 12.8. The predicted octanol–water partition coefficient (Wildman–Crippen LogP) is 3.49. The van der Waals surface area contributed by atoms with Gasteiger partial charge in [0.1, 0.15) is 5.82 Å². The number of rotatable bonds is 4. The molecule has 0 aliphatic carbocycles. The van der Waals surface area contributed by atoms with Crippen LogP contribution in [-0.2, 0) is 13.5 Å². The van der Waals surface area contributed by atoms with Crippen molar-refractivity contribution in [2.75, 3.05) is 0 Å². The van der Waals surface area contributed by atoms with Crippen molar-refractivity contribution in [1.82, 2.24) is 9.55 Å². The first-order chi connectivity index (χ1) is 8.58. The normalized spacial score (nSPS) is 10.6. The van der Waals surface area contributed by atoms with Gasteiger partial charge < -0.3 is 4.57 Å². The fourth-order valence-electron chi connectivity index (χ4n) is 1.71. The first kappa shape index (κ1) is 13.5. The third-order valence-electron chi connectivity index (χ3n) is 2.73. The van der Waals surface area contributed by atoms with Gasteiger partial charge in [0.2, 0.25) is 0 Å². The first-order valence-corrected chi connectivity index (χ1v) is 6.98. The second-order valence-electron chi connectivity index (χ2n) is 4.00. The fraction of sp³-hybridized carbons (Fsp3) is 0.231. The number of ketones is 1. The van der Waals surface area contributed by atoms with Gasteiger partial charge in [0.15, 0.2) is 5.78 Å². The maximum Gasteiger partial charge on any atom is 0.164 e. The van der Waals surface area contributed by atoms with Crippen molar-refractivity contribution < 1.29 is 4.79 Å². The van der Waals surface area contributed by atoms with Crippen LogP contribution in [0.1, 0.15) is 22.6 Å². The third-order valence-corrected chi connectivity index (χ3v) is 3.90. The summed E-state index contributed by atoms with van der Waals surface area (Å²) in [5.74, 6) is 1.02. The lowest BCUT2D eigenvalue weighted by Crippen LogP contribution is -2.06. The van der Waals surface area contributed by atoms with Crippen LogP contribution < -0.4 is 0 Å². The maximum atomic E-state index is 12.1. The molecule has 0 N–H and O–H groups in total. The second kappa shape index (κ2) is 5.84. The highest BCUT2D eigenvalue weighted by atomic mass is 127. The Hall–Kier alpha value is -0.880. The van der Waals surface area contributed by atoms with Crippen molar-refractivity contribution in [3.05, 3.63) is 50.6 Å². The number of imidazole rings is 1. The van der Waals surface area contributed by atoms with Crippen LogP contribution in [0.3, 0.4) is 0 Å². The summed E-state index contributed by atoms with van der Waals surface area (Å²) in [5.41, 5.74) is 0.692. The van der Waals surface area contributed by atoms with E-state index in [0.29, 0.717) is 23.4 Å². The van der Waals surface area contributed by atoms with Gasteiger partial charge >= 0.3 is 0 Å². The third kappa shape index (κ3) is 3.11. The summed E-state index contributed by atoms with van der Waals surface area (Å²) >= 11 is 8.07. The molecule has 0 radical (unpaired) electrons. The van der Waals surface area contributed by atoms with E-state index in [9.17, 15) is 4.79 Å². The zero-order valence-electron chi connectivity index (χ0n) is 9.86. The van der Waals surface area contributed by atoms with Crippen molar-refractivity contribution in [2.24, 2.45) is 7.05 Å². The van der Waals surface area contributed by atoms with Crippen LogP contribution in [0.5, 0.6) is 0 Å². The topological polar surface area (TPSA) is 34.9 Å². The van der Waals surface area contributed by atoms with Crippen molar-refractivity contribution in [2.45, 2.75) is 12.8 Å². The van der Waals surface area contributed by atoms with Crippen LogP contribution in [-0.4, -0.2) is 15.3 Å². The number of benzene rings is 1. The van der Waals surface area contributed by atoms with Gasteiger partial charge in [0.05, 0.1) is 0 Å². The van der Waals surface area contributed by atoms with Crippen LogP contribution in [0.2, 0.25) is 5.02 Å². The molecule has 0 bridgehead atoms. The van der Waals surface area contributed by atoms with Gasteiger partial charge in [0.25, 0.3) is 0 Å². The fourth-order valence-corrected chi connectivity index (χ4v) is 2.52. The highest BCUT2D eigenvalue weighted by molar-refractivity contribution is 14.1. The quantitative estimate of drug-likeness (QED) is 0.606. The Bertz CT molecular complexity index is 580. The van der Waals surface area contributed by atoms with Crippen LogP contribution in [0.25, 0.3) is 0 Å². The molecule has 5 heteroatoms. The molecule has 2 aromatic rings. The maximum absolute atomic E-state index is 12.1. The molecule has 0 fully saturated rings. The van der Waals surface area contributed by atoms with Crippen molar-refractivity contribution >= 4 is 40.0 Å². The van der Waals surface area contributed by atoms with Crippen molar-refractivity contribution in [1.29, 1.82) is 0 Å². The largest absolute Gasteiger partial charge is 0.338 e. The van der Waals surface area contributed by atoms with Crippen LogP contribution in [0.4, 0.5) is 0 Å². The Labute approximate surface area is 124 Å². The minimum Gasteiger partial charge on any atom is -0.338 e. The molecule has 0 spiro atoms. The van der Waals surface area contributed by atoms with E-state index in [1.54, 1.807) is 18.3 Å². The summed E-state index contributed by atoms with van der Waals surface area (Å²) in [6.45, 7) is 0. The molecule has 0 aliphatic rings. The number of hydrogen-bond acceptors (Lipinski definition) is 2. The molecule has 2 rings (SSSR count). The second-order valence-corrected chi connectivity index (χ2v) is 5.60. The summed E-state index contributed by atoms with van der Waals surface area (Å²) in [7, 11) is 1.93.